The van der Waals surface area contributed by atoms with E-state index in [0.29, 0.717) is 44.3 Å². The van der Waals surface area contributed by atoms with E-state index < -0.39 is 23.3 Å². The molecule has 1 N–H and O–H groups in total. The molecule has 0 radical (unpaired) electrons. The van der Waals surface area contributed by atoms with E-state index in [1.165, 1.54) is 12.3 Å². The fraction of sp³-hybridized carbons (Fsp3) is 0.684. The molecule has 8 heteroatoms. The van der Waals surface area contributed by atoms with Crippen LogP contribution in [0.25, 0.3) is 0 Å². The minimum atomic E-state index is -4.46. The van der Waals surface area contributed by atoms with Gasteiger partial charge in [0.25, 0.3) is 0 Å². The third kappa shape index (κ3) is 3.90. The molecule has 2 heterocycles. The molecule has 1 amide bonds. The van der Waals surface area contributed by atoms with Gasteiger partial charge in [-0.05, 0) is 51.5 Å². The molecule has 1 saturated heterocycles. The van der Waals surface area contributed by atoms with Gasteiger partial charge in [-0.2, -0.15) is 13.2 Å². The average molecular weight is 386 g/mol. The van der Waals surface area contributed by atoms with Crippen molar-refractivity contribution in [2.24, 2.45) is 5.41 Å². The van der Waals surface area contributed by atoms with Gasteiger partial charge in [0.1, 0.15) is 0 Å². The molecule has 1 spiro atoms. The first-order chi connectivity index (χ1) is 12.6. The highest BCUT2D eigenvalue weighted by atomic mass is 19.4. The highest BCUT2D eigenvalue weighted by molar-refractivity contribution is 5.99. The summed E-state index contributed by atoms with van der Waals surface area (Å²) in [5.74, 6) is -0.115. The fourth-order valence-corrected chi connectivity index (χ4v) is 3.93. The maximum absolute atomic E-state index is 13.0. The summed E-state index contributed by atoms with van der Waals surface area (Å²) in [6.45, 7) is 3.42. The number of anilines is 1. The molecule has 1 aliphatic carbocycles. The summed E-state index contributed by atoms with van der Waals surface area (Å²) >= 11 is 0. The number of carbonyl (C=O) groups excluding carboxylic acids is 1. The van der Waals surface area contributed by atoms with Crippen LogP contribution in [0.15, 0.2) is 18.3 Å². The van der Waals surface area contributed by atoms with Crippen LogP contribution in [-0.2, 0) is 4.79 Å². The number of ether oxygens (including phenoxy) is 1. The molecule has 27 heavy (non-hydrogen) atoms. The number of rotatable bonds is 4. The lowest BCUT2D eigenvalue weighted by Crippen LogP contribution is -2.43. The number of amides is 1. The van der Waals surface area contributed by atoms with Gasteiger partial charge in [-0.1, -0.05) is 6.92 Å². The van der Waals surface area contributed by atoms with Crippen LogP contribution in [-0.4, -0.2) is 40.4 Å². The Labute approximate surface area is 156 Å². The lowest BCUT2D eigenvalue weighted by Gasteiger charge is -2.40. The maximum atomic E-state index is 13.0. The monoisotopic (exact) mass is 386 g/mol. The quantitative estimate of drug-likeness (QED) is 0.854. The van der Waals surface area contributed by atoms with Gasteiger partial charge in [0, 0.05) is 12.6 Å². The number of pyridine rings is 1. The summed E-state index contributed by atoms with van der Waals surface area (Å²) in [5.41, 5.74) is -0.559. The third-order valence-corrected chi connectivity index (χ3v) is 6.10. The predicted octanol–water partition coefficient (Wildman–Crippen LogP) is 3.85. The minimum absolute atomic E-state index is 0.0137. The highest BCUT2D eigenvalue weighted by Crippen LogP contribution is 2.49. The normalized spacial score (nSPS) is 30.0. The largest absolute Gasteiger partial charge is 0.465 e. The Hall–Kier alpha value is -1.83. The smallest absolute Gasteiger partial charge is 0.425 e. The van der Waals surface area contributed by atoms with Crippen LogP contribution in [0.2, 0.25) is 0 Å². The number of nitrogens with zero attached hydrogens (tertiary/aromatic N) is 2. The number of carbonyl (C=O) groups is 1. The van der Waals surface area contributed by atoms with E-state index in [1.807, 2.05) is 6.92 Å². The molecule has 1 aromatic rings. The molecule has 2 fully saturated rings. The maximum Gasteiger partial charge on any atom is 0.425 e. The Morgan fingerprint density at radius 2 is 1.93 bits per heavy atom. The summed E-state index contributed by atoms with van der Waals surface area (Å²) in [5, 5.41) is 10.4. The number of hydrogen-bond donors (Lipinski definition) is 1. The van der Waals surface area contributed by atoms with Crippen molar-refractivity contribution in [1.82, 2.24) is 4.98 Å². The molecule has 2 aliphatic rings. The van der Waals surface area contributed by atoms with Gasteiger partial charge < -0.3 is 14.7 Å². The first-order valence-electron chi connectivity index (χ1n) is 9.32. The number of alkyl halides is 3. The van der Waals surface area contributed by atoms with Crippen LogP contribution >= 0.6 is 0 Å². The Balaban J connectivity index is 1.67. The van der Waals surface area contributed by atoms with Gasteiger partial charge >= 0.3 is 6.18 Å². The van der Waals surface area contributed by atoms with Gasteiger partial charge in [-0.3, -0.25) is 4.79 Å². The second kappa shape index (κ2) is 6.96. The SMILES string of the molecule is CCC1(O)CCC2(CCN(c3ccc(O[C@@H](C)C(F)(F)F)nc3)C2=O)CC1. The number of aliphatic hydroxyl groups is 1. The summed E-state index contributed by atoms with van der Waals surface area (Å²) < 4.78 is 42.5. The van der Waals surface area contributed by atoms with E-state index >= 15 is 0 Å². The van der Waals surface area contributed by atoms with E-state index in [-0.39, 0.29) is 11.8 Å². The average Bonchev–Trinajstić information content (AvgIpc) is 2.94. The zero-order valence-corrected chi connectivity index (χ0v) is 15.6. The van der Waals surface area contributed by atoms with Gasteiger partial charge in [0.2, 0.25) is 11.8 Å². The molecule has 0 bridgehead atoms. The van der Waals surface area contributed by atoms with Crippen molar-refractivity contribution in [3.8, 4) is 5.88 Å². The molecule has 3 rings (SSSR count). The number of halogens is 3. The minimum Gasteiger partial charge on any atom is -0.465 e. The van der Waals surface area contributed by atoms with Gasteiger partial charge in [-0.25, -0.2) is 4.98 Å². The van der Waals surface area contributed by atoms with E-state index in [2.05, 4.69) is 4.98 Å². The van der Waals surface area contributed by atoms with E-state index in [0.717, 1.165) is 13.3 Å². The topological polar surface area (TPSA) is 62.7 Å². The Bertz CT molecular complexity index is 682. The number of aromatic nitrogens is 1. The summed E-state index contributed by atoms with van der Waals surface area (Å²) in [6, 6.07) is 2.92. The zero-order valence-electron chi connectivity index (χ0n) is 15.6. The molecular weight excluding hydrogens is 361 g/mol. The number of hydrogen-bond acceptors (Lipinski definition) is 4. The Morgan fingerprint density at radius 3 is 2.44 bits per heavy atom. The van der Waals surface area contributed by atoms with Crippen molar-refractivity contribution in [3.05, 3.63) is 18.3 Å². The lowest BCUT2D eigenvalue weighted by atomic mass is 9.67. The second-order valence-electron chi connectivity index (χ2n) is 7.72. The second-order valence-corrected chi connectivity index (χ2v) is 7.72. The van der Waals surface area contributed by atoms with Gasteiger partial charge in [0.05, 0.1) is 22.9 Å². The molecule has 0 unspecified atom stereocenters. The molecule has 1 aliphatic heterocycles. The first kappa shape index (κ1) is 19.9. The molecule has 1 aromatic heterocycles. The third-order valence-electron chi connectivity index (χ3n) is 6.10. The van der Waals surface area contributed by atoms with Crippen LogP contribution in [0, 0.1) is 5.41 Å². The van der Waals surface area contributed by atoms with Crippen molar-refractivity contribution in [3.63, 3.8) is 0 Å². The van der Waals surface area contributed by atoms with E-state index in [1.54, 1.807) is 11.0 Å². The van der Waals surface area contributed by atoms with E-state index in [4.69, 9.17) is 4.74 Å². The standard InChI is InChI=1S/C19H25F3N2O3/c1-3-18(26)8-6-17(7-9-18)10-11-24(16(17)25)14-4-5-15(23-12-14)27-13(2)19(20,21)22/h4-5,12-13,26H,3,6-11H2,1-2H3/t13-,17?,18?/m0/s1. The van der Waals surface area contributed by atoms with Crippen LogP contribution in [0.4, 0.5) is 18.9 Å². The summed E-state index contributed by atoms with van der Waals surface area (Å²) in [7, 11) is 0. The molecule has 5 nitrogen and oxygen atoms in total. The lowest BCUT2D eigenvalue weighted by molar-refractivity contribution is -0.189. The molecule has 150 valence electrons. The Kier molecular flexibility index (Phi) is 5.14. The van der Waals surface area contributed by atoms with Crippen molar-refractivity contribution >= 4 is 11.6 Å². The predicted molar refractivity (Wildman–Crippen MR) is 93.5 cm³/mol. The van der Waals surface area contributed by atoms with Crippen LogP contribution in [0.5, 0.6) is 5.88 Å². The first-order valence-corrected chi connectivity index (χ1v) is 9.32. The van der Waals surface area contributed by atoms with Gasteiger partial charge in [0.15, 0.2) is 6.10 Å². The van der Waals surface area contributed by atoms with Gasteiger partial charge in [-0.15, -0.1) is 0 Å². The van der Waals surface area contributed by atoms with Crippen molar-refractivity contribution in [2.45, 2.75) is 70.3 Å². The van der Waals surface area contributed by atoms with Crippen molar-refractivity contribution in [2.75, 3.05) is 11.4 Å². The van der Waals surface area contributed by atoms with Crippen molar-refractivity contribution < 1.29 is 27.8 Å². The molecule has 1 saturated carbocycles. The molecule has 1 atom stereocenters. The van der Waals surface area contributed by atoms with Crippen LogP contribution < -0.4 is 9.64 Å². The Morgan fingerprint density at radius 1 is 1.26 bits per heavy atom. The fourth-order valence-electron chi connectivity index (χ4n) is 3.93. The van der Waals surface area contributed by atoms with Crippen LogP contribution in [0.3, 0.4) is 0 Å². The molecule has 0 aromatic carbocycles. The van der Waals surface area contributed by atoms with E-state index in [9.17, 15) is 23.1 Å². The van der Waals surface area contributed by atoms with Crippen LogP contribution in [0.1, 0.15) is 52.4 Å². The van der Waals surface area contributed by atoms with Crippen molar-refractivity contribution in [1.29, 1.82) is 0 Å². The zero-order chi connectivity index (χ0) is 19.9. The highest BCUT2D eigenvalue weighted by Gasteiger charge is 2.51. The summed E-state index contributed by atoms with van der Waals surface area (Å²) in [6.07, 6.45) is -1.09. The summed E-state index contributed by atoms with van der Waals surface area (Å²) in [4.78, 5) is 18.6. The molecular formula is C19H25F3N2O3.